The van der Waals surface area contributed by atoms with Gasteiger partial charge in [-0.2, -0.15) is 0 Å². The Kier molecular flexibility index (Phi) is 5.36. The molecule has 3 rings (SSSR count). The van der Waals surface area contributed by atoms with E-state index in [0.29, 0.717) is 13.0 Å². The Morgan fingerprint density at radius 2 is 2.30 bits per heavy atom. The van der Waals surface area contributed by atoms with Gasteiger partial charge >= 0.3 is 0 Å². The second-order valence-corrected chi connectivity index (χ2v) is 7.81. The van der Waals surface area contributed by atoms with Gasteiger partial charge in [0.2, 0.25) is 5.91 Å². The maximum atomic E-state index is 12.3. The Morgan fingerprint density at radius 3 is 3.04 bits per heavy atom. The Morgan fingerprint density at radius 1 is 1.43 bits per heavy atom. The number of aryl methyl sites for hydroxylation is 1. The minimum absolute atomic E-state index is 0.0465. The largest absolute Gasteiger partial charge is 0.351 e. The van der Waals surface area contributed by atoms with Gasteiger partial charge in [-0.25, -0.2) is 0 Å². The third-order valence-electron chi connectivity index (χ3n) is 5.05. The van der Waals surface area contributed by atoms with Crippen molar-refractivity contribution in [3.05, 3.63) is 21.4 Å². The molecule has 4 nitrogen and oxygen atoms in total. The van der Waals surface area contributed by atoms with Crippen LogP contribution < -0.4 is 5.32 Å². The molecule has 0 aromatic carbocycles. The number of thiophene rings is 1. The molecule has 2 amide bonds. The Bertz CT molecular complexity index is 582. The zero-order valence-electron chi connectivity index (χ0n) is 13.9. The number of amides is 2. The first-order chi connectivity index (χ1) is 11.2. The molecule has 23 heavy (non-hydrogen) atoms. The molecule has 126 valence electrons. The number of nitrogens with zero attached hydrogens (tertiary/aromatic N) is 1. The van der Waals surface area contributed by atoms with E-state index in [-0.39, 0.29) is 11.8 Å². The Hall–Kier alpha value is -1.36. The highest BCUT2D eigenvalue weighted by atomic mass is 32.1. The van der Waals surface area contributed by atoms with Crippen LogP contribution in [0.15, 0.2) is 6.07 Å². The van der Waals surface area contributed by atoms with Gasteiger partial charge in [0, 0.05) is 30.9 Å². The highest BCUT2D eigenvalue weighted by Gasteiger charge is 2.22. The van der Waals surface area contributed by atoms with Crippen LogP contribution in [-0.4, -0.2) is 36.3 Å². The van der Waals surface area contributed by atoms with Gasteiger partial charge in [0.25, 0.3) is 5.91 Å². The van der Waals surface area contributed by atoms with Crippen molar-refractivity contribution in [1.82, 2.24) is 10.2 Å². The number of nitrogens with one attached hydrogen (secondary N) is 1. The maximum absolute atomic E-state index is 12.3. The Labute approximate surface area is 142 Å². The van der Waals surface area contributed by atoms with Crippen molar-refractivity contribution in [3.63, 3.8) is 0 Å². The van der Waals surface area contributed by atoms with Crippen LogP contribution in [0.2, 0.25) is 0 Å². The van der Waals surface area contributed by atoms with E-state index in [4.69, 9.17) is 0 Å². The summed E-state index contributed by atoms with van der Waals surface area (Å²) >= 11 is 1.66. The summed E-state index contributed by atoms with van der Waals surface area (Å²) in [6, 6.07) is 2.10. The monoisotopic (exact) mass is 334 g/mol. The molecule has 1 aliphatic heterocycles. The fourth-order valence-corrected chi connectivity index (χ4v) is 4.68. The fraction of sp³-hybridized carbons (Fsp3) is 0.667. The third kappa shape index (κ3) is 3.94. The van der Waals surface area contributed by atoms with Crippen LogP contribution in [0.1, 0.15) is 59.1 Å². The van der Waals surface area contributed by atoms with Crippen LogP contribution in [-0.2, 0) is 17.6 Å². The van der Waals surface area contributed by atoms with Gasteiger partial charge in [-0.15, -0.1) is 11.3 Å². The van der Waals surface area contributed by atoms with E-state index in [1.807, 2.05) is 4.90 Å². The molecular formula is C18H26N2O2S. The summed E-state index contributed by atoms with van der Waals surface area (Å²) in [7, 11) is 0. The second-order valence-electron chi connectivity index (χ2n) is 6.67. The first kappa shape index (κ1) is 16.5. The first-order valence-electron chi connectivity index (χ1n) is 8.85. The molecule has 1 atom stereocenters. The van der Waals surface area contributed by atoms with E-state index >= 15 is 0 Å². The van der Waals surface area contributed by atoms with Crippen molar-refractivity contribution in [2.75, 3.05) is 19.6 Å². The summed E-state index contributed by atoms with van der Waals surface area (Å²) in [5.41, 5.74) is 1.39. The zero-order chi connectivity index (χ0) is 16.2. The molecule has 5 heteroatoms. The lowest BCUT2D eigenvalue weighted by atomic mass is 9.87. The molecule has 1 aromatic heterocycles. The fourth-order valence-electron chi connectivity index (χ4n) is 3.56. The standard InChI is InChI=1S/C18H26N2O2S/c1-2-13-6-7-15-14(11-13)12-16(23-15)18(22)19-8-4-10-20-9-3-5-17(20)21/h12-13H,2-11H2,1H3,(H,19,22). The average Bonchev–Trinajstić information content (AvgIpc) is 3.16. The van der Waals surface area contributed by atoms with Gasteiger partial charge in [-0.1, -0.05) is 13.3 Å². The average molecular weight is 334 g/mol. The van der Waals surface area contributed by atoms with Gasteiger partial charge in [0.1, 0.15) is 0 Å². The van der Waals surface area contributed by atoms with Gasteiger partial charge in [0.05, 0.1) is 4.88 Å². The summed E-state index contributed by atoms with van der Waals surface area (Å²) in [5.74, 6) is 1.09. The number of hydrogen-bond donors (Lipinski definition) is 1. The SMILES string of the molecule is CCC1CCc2sc(C(=O)NCCCN3CCCC3=O)cc2C1. The predicted octanol–water partition coefficient (Wildman–Crippen LogP) is 3.01. The van der Waals surface area contributed by atoms with Crippen molar-refractivity contribution < 1.29 is 9.59 Å². The van der Waals surface area contributed by atoms with Crippen molar-refractivity contribution >= 4 is 23.2 Å². The molecule has 1 saturated heterocycles. The minimum Gasteiger partial charge on any atom is -0.351 e. The van der Waals surface area contributed by atoms with E-state index < -0.39 is 0 Å². The molecular weight excluding hydrogens is 308 g/mol. The smallest absolute Gasteiger partial charge is 0.261 e. The summed E-state index contributed by atoms with van der Waals surface area (Å²) in [4.78, 5) is 28.0. The number of carbonyl (C=O) groups is 2. The molecule has 0 saturated carbocycles. The first-order valence-corrected chi connectivity index (χ1v) is 9.66. The van der Waals surface area contributed by atoms with E-state index in [1.54, 1.807) is 11.3 Å². The molecule has 0 spiro atoms. The van der Waals surface area contributed by atoms with Crippen molar-refractivity contribution in [2.24, 2.45) is 5.92 Å². The van der Waals surface area contributed by atoms with E-state index in [0.717, 1.165) is 49.6 Å². The molecule has 1 N–H and O–H groups in total. The second kappa shape index (κ2) is 7.47. The summed E-state index contributed by atoms with van der Waals surface area (Å²) in [5, 5.41) is 3.01. The van der Waals surface area contributed by atoms with Crippen molar-refractivity contribution in [3.8, 4) is 0 Å². The third-order valence-corrected chi connectivity index (χ3v) is 6.28. The van der Waals surface area contributed by atoms with Crippen LogP contribution in [0.4, 0.5) is 0 Å². The van der Waals surface area contributed by atoms with E-state index in [9.17, 15) is 9.59 Å². The Balaban J connectivity index is 1.45. The number of fused-ring (bicyclic) bond motifs is 1. The summed E-state index contributed by atoms with van der Waals surface area (Å²) < 4.78 is 0. The van der Waals surface area contributed by atoms with E-state index in [2.05, 4.69) is 18.3 Å². The molecule has 0 bridgehead atoms. The highest BCUT2D eigenvalue weighted by molar-refractivity contribution is 7.14. The molecule has 1 fully saturated rings. The van der Waals surface area contributed by atoms with Crippen LogP contribution in [0.5, 0.6) is 0 Å². The maximum Gasteiger partial charge on any atom is 0.261 e. The van der Waals surface area contributed by atoms with Crippen molar-refractivity contribution in [2.45, 2.75) is 51.9 Å². The highest BCUT2D eigenvalue weighted by Crippen LogP contribution is 2.33. The topological polar surface area (TPSA) is 49.4 Å². The van der Waals surface area contributed by atoms with Crippen LogP contribution in [0.3, 0.4) is 0 Å². The lowest BCUT2D eigenvalue weighted by Crippen LogP contribution is -2.30. The van der Waals surface area contributed by atoms with Crippen LogP contribution in [0, 0.1) is 5.92 Å². The van der Waals surface area contributed by atoms with Crippen LogP contribution in [0.25, 0.3) is 0 Å². The van der Waals surface area contributed by atoms with Gasteiger partial charge in [0.15, 0.2) is 0 Å². The zero-order valence-corrected chi connectivity index (χ0v) is 14.7. The summed E-state index contributed by atoms with van der Waals surface area (Å²) in [6.45, 7) is 4.53. The molecule has 1 aliphatic carbocycles. The normalized spacial score (nSPS) is 20.7. The van der Waals surface area contributed by atoms with Gasteiger partial charge in [-0.3, -0.25) is 9.59 Å². The number of likely N-dealkylation sites (tertiary alicyclic amines) is 1. The molecule has 0 radical (unpaired) electrons. The number of hydrogen-bond acceptors (Lipinski definition) is 3. The molecule has 2 heterocycles. The molecule has 1 aromatic rings. The summed E-state index contributed by atoms with van der Waals surface area (Å²) in [6.07, 6.45) is 7.24. The lowest BCUT2D eigenvalue weighted by Gasteiger charge is -2.19. The van der Waals surface area contributed by atoms with Crippen LogP contribution >= 0.6 is 11.3 Å². The van der Waals surface area contributed by atoms with Gasteiger partial charge < -0.3 is 10.2 Å². The molecule has 1 unspecified atom stereocenters. The van der Waals surface area contributed by atoms with Gasteiger partial charge in [-0.05, 0) is 49.7 Å². The predicted molar refractivity (Wildman–Crippen MR) is 92.9 cm³/mol. The number of rotatable bonds is 6. The number of carbonyl (C=O) groups excluding carboxylic acids is 2. The quantitative estimate of drug-likeness (QED) is 0.813. The van der Waals surface area contributed by atoms with E-state index in [1.165, 1.54) is 23.3 Å². The molecule has 2 aliphatic rings. The van der Waals surface area contributed by atoms with Crippen molar-refractivity contribution in [1.29, 1.82) is 0 Å². The minimum atomic E-state index is 0.0465. The lowest BCUT2D eigenvalue weighted by molar-refractivity contribution is -0.127.